The molecule has 0 saturated heterocycles. The summed E-state index contributed by atoms with van der Waals surface area (Å²) in [6.45, 7) is 2.27. The van der Waals surface area contributed by atoms with Gasteiger partial charge in [0, 0.05) is 0 Å². The topological polar surface area (TPSA) is 20.2 Å². The smallest absolute Gasteiger partial charge is 0.194 e. The summed E-state index contributed by atoms with van der Waals surface area (Å²) < 4.78 is 0. The molecule has 0 aromatic rings. The number of hydrogen-bond donors (Lipinski definition) is 1. The SMILES string of the molecule is CCC[Si](O)(C1CCCCC1)C1CCCCC1. The molecule has 0 amide bonds. The first kappa shape index (κ1) is 13.6. The minimum Gasteiger partial charge on any atom is -0.431 e. The molecular weight excluding hydrogens is 224 g/mol. The van der Waals surface area contributed by atoms with Crippen molar-refractivity contribution in [2.24, 2.45) is 0 Å². The summed E-state index contributed by atoms with van der Waals surface area (Å²) in [6, 6.07) is 1.18. The van der Waals surface area contributed by atoms with Gasteiger partial charge in [0.2, 0.25) is 0 Å². The second kappa shape index (κ2) is 6.37. The summed E-state index contributed by atoms with van der Waals surface area (Å²) >= 11 is 0. The third kappa shape index (κ3) is 3.14. The fourth-order valence-electron chi connectivity index (χ4n) is 4.35. The summed E-state index contributed by atoms with van der Waals surface area (Å²) in [7, 11) is -1.95. The molecule has 0 bridgehead atoms. The van der Waals surface area contributed by atoms with Crippen molar-refractivity contribution in [3.63, 3.8) is 0 Å². The van der Waals surface area contributed by atoms with Crippen LogP contribution < -0.4 is 0 Å². The van der Waals surface area contributed by atoms with Crippen molar-refractivity contribution in [1.29, 1.82) is 0 Å². The van der Waals surface area contributed by atoms with Gasteiger partial charge < -0.3 is 4.80 Å². The largest absolute Gasteiger partial charge is 0.431 e. The van der Waals surface area contributed by atoms with E-state index < -0.39 is 8.32 Å². The molecule has 17 heavy (non-hydrogen) atoms. The van der Waals surface area contributed by atoms with E-state index in [0.29, 0.717) is 0 Å². The highest BCUT2D eigenvalue weighted by Crippen LogP contribution is 2.48. The number of hydrogen-bond acceptors (Lipinski definition) is 1. The predicted molar refractivity (Wildman–Crippen MR) is 76.7 cm³/mol. The minimum absolute atomic E-state index is 0.749. The summed E-state index contributed by atoms with van der Waals surface area (Å²) in [4.78, 5) is 11.4. The van der Waals surface area contributed by atoms with Gasteiger partial charge in [-0.25, -0.2) is 0 Å². The van der Waals surface area contributed by atoms with Gasteiger partial charge in [0.25, 0.3) is 0 Å². The maximum absolute atomic E-state index is 11.4. The third-order valence-electron chi connectivity index (χ3n) is 5.27. The van der Waals surface area contributed by atoms with Crippen LogP contribution in [-0.4, -0.2) is 13.1 Å². The molecule has 1 nitrogen and oxygen atoms in total. The fraction of sp³-hybridized carbons (Fsp3) is 1.00. The van der Waals surface area contributed by atoms with Crippen molar-refractivity contribution < 1.29 is 4.80 Å². The summed E-state index contributed by atoms with van der Waals surface area (Å²) in [5, 5.41) is 0. The van der Waals surface area contributed by atoms with E-state index in [2.05, 4.69) is 6.92 Å². The lowest BCUT2D eigenvalue weighted by Gasteiger charge is -2.43. The Morgan fingerprint density at radius 1 is 0.824 bits per heavy atom. The first-order valence-electron chi connectivity index (χ1n) is 7.99. The lowest BCUT2D eigenvalue weighted by molar-refractivity contribution is 0.373. The average molecular weight is 254 g/mol. The molecule has 100 valence electrons. The van der Waals surface area contributed by atoms with Crippen molar-refractivity contribution in [2.45, 2.75) is 94.7 Å². The standard InChI is InChI=1S/C15H30OSi/c1-2-13-17(16,14-9-5-3-6-10-14)15-11-7-4-8-12-15/h14-16H,2-13H2,1H3. The molecule has 0 heterocycles. The second-order valence-electron chi connectivity index (χ2n) is 6.41. The van der Waals surface area contributed by atoms with Crippen LogP contribution in [0.4, 0.5) is 0 Å². The normalized spacial score (nSPS) is 25.1. The van der Waals surface area contributed by atoms with Gasteiger partial charge in [0.15, 0.2) is 8.32 Å². The second-order valence-corrected chi connectivity index (χ2v) is 10.5. The molecule has 0 atom stereocenters. The molecule has 0 aromatic heterocycles. The van der Waals surface area contributed by atoms with Gasteiger partial charge in [0.05, 0.1) is 0 Å². The van der Waals surface area contributed by atoms with Crippen molar-refractivity contribution in [3.05, 3.63) is 0 Å². The molecule has 0 radical (unpaired) electrons. The quantitative estimate of drug-likeness (QED) is 0.700. The maximum Gasteiger partial charge on any atom is 0.194 e. The van der Waals surface area contributed by atoms with E-state index in [9.17, 15) is 4.80 Å². The number of rotatable bonds is 4. The van der Waals surface area contributed by atoms with Gasteiger partial charge in [-0.1, -0.05) is 77.6 Å². The van der Waals surface area contributed by atoms with Crippen molar-refractivity contribution in [3.8, 4) is 0 Å². The zero-order valence-electron chi connectivity index (χ0n) is 11.6. The highest BCUT2D eigenvalue weighted by atomic mass is 28.4. The van der Waals surface area contributed by atoms with Crippen LogP contribution in [0.5, 0.6) is 0 Å². The van der Waals surface area contributed by atoms with E-state index in [-0.39, 0.29) is 0 Å². The van der Waals surface area contributed by atoms with Crippen molar-refractivity contribution in [2.75, 3.05) is 0 Å². The molecule has 2 saturated carbocycles. The van der Waals surface area contributed by atoms with E-state index in [1.807, 2.05) is 0 Å². The molecule has 2 fully saturated rings. The van der Waals surface area contributed by atoms with E-state index in [1.165, 1.54) is 76.7 Å². The van der Waals surface area contributed by atoms with Crippen LogP contribution in [-0.2, 0) is 0 Å². The highest BCUT2D eigenvalue weighted by Gasteiger charge is 2.46. The van der Waals surface area contributed by atoms with E-state index in [4.69, 9.17) is 0 Å². The van der Waals surface area contributed by atoms with Gasteiger partial charge in [-0.15, -0.1) is 0 Å². The van der Waals surface area contributed by atoms with Crippen LogP contribution in [0.2, 0.25) is 17.1 Å². The van der Waals surface area contributed by atoms with Crippen LogP contribution in [0.3, 0.4) is 0 Å². The Bertz CT molecular complexity index is 199. The lowest BCUT2D eigenvalue weighted by Crippen LogP contribution is -2.46. The van der Waals surface area contributed by atoms with Crippen LogP contribution in [0, 0.1) is 0 Å². The molecule has 1 N–H and O–H groups in total. The Balaban J connectivity index is 2.05. The summed E-state index contributed by atoms with van der Waals surface area (Å²) in [5.41, 5.74) is 1.50. The van der Waals surface area contributed by atoms with Crippen molar-refractivity contribution in [1.82, 2.24) is 0 Å². The molecule has 0 spiro atoms. The molecule has 2 rings (SSSR count). The Labute approximate surface area is 108 Å². The summed E-state index contributed by atoms with van der Waals surface area (Å²) in [6.07, 6.45) is 15.0. The van der Waals surface area contributed by atoms with Gasteiger partial charge in [-0.2, -0.15) is 0 Å². The van der Waals surface area contributed by atoms with Gasteiger partial charge in [0.1, 0.15) is 0 Å². The predicted octanol–water partition coefficient (Wildman–Crippen LogP) is 5.00. The van der Waals surface area contributed by atoms with Crippen LogP contribution >= 0.6 is 0 Å². The van der Waals surface area contributed by atoms with Gasteiger partial charge in [-0.3, -0.25) is 0 Å². The minimum atomic E-state index is -1.95. The molecule has 2 aliphatic rings. The third-order valence-corrected chi connectivity index (χ3v) is 10.6. The highest BCUT2D eigenvalue weighted by molar-refractivity contribution is 6.75. The summed E-state index contributed by atoms with van der Waals surface area (Å²) in [5.74, 6) is 0. The Morgan fingerprint density at radius 3 is 1.59 bits per heavy atom. The monoisotopic (exact) mass is 254 g/mol. The van der Waals surface area contributed by atoms with Gasteiger partial charge >= 0.3 is 0 Å². The first-order valence-corrected chi connectivity index (χ1v) is 10.3. The van der Waals surface area contributed by atoms with E-state index in [0.717, 1.165) is 11.1 Å². The maximum atomic E-state index is 11.4. The molecule has 2 aliphatic carbocycles. The lowest BCUT2D eigenvalue weighted by atomic mass is 9.99. The molecule has 0 aromatic carbocycles. The van der Waals surface area contributed by atoms with E-state index >= 15 is 0 Å². The molecule has 0 aliphatic heterocycles. The zero-order valence-corrected chi connectivity index (χ0v) is 12.6. The Hall–Kier alpha value is 0.177. The molecule has 2 heteroatoms. The zero-order chi connectivity index (χ0) is 12.1. The Morgan fingerprint density at radius 2 is 1.24 bits per heavy atom. The molecule has 0 unspecified atom stereocenters. The molecular formula is C15H30OSi. The van der Waals surface area contributed by atoms with Gasteiger partial charge in [-0.05, 0) is 17.1 Å². The fourth-order valence-corrected chi connectivity index (χ4v) is 9.45. The average Bonchev–Trinajstić information content (AvgIpc) is 2.41. The first-order chi connectivity index (χ1) is 8.27. The van der Waals surface area contributed by atoms with Crippen LogP contribution in [0.1, 0.15) is 77.6 Å². The van der Waals surface area contributed by atoms with Crippen molar-refractivity contribution >= 4 is 8.32 Å². The van der Waals surface area contributed by atoms with Crippen LogP contribution in [0.25, 0.3) is 0 Å². The van der Waals surface area contributed by atoms with E-state index in [1.54, 1.807) is 0 Å². The van der Waals surface area contributed by atoms with Crippen LogP contribution in [0.15, 0.2) is 0 Å². The Kier molecular flexibility index (Phi) is 5.10.